The Hall–Kier alpha value is -4.12. The summed E-state index contributed by atoms with van der Waals surface area (Å²) in [4.78, 5) is 29.8. The first kappa shape index (κ1) is 24.0. The van der Waals surface area contributed by atoms with Crippen LogP contribution in [0, 0.1) is 6.92 Å². The summed E-state index contributed by atoms with van der Waals surface area (Å²) in [5.41, 5.74) is 2.92. The van der Waals surface area contributed by atoms with Gasteiger partial charge in [0.05, 0.1) is 17.4 Å². The van der Waals surface area contributed by atoms with Crippen molar-refractivity contribution < 1.29 is 22.7 Å². The van der Waals surface area contributed by atoms with E-state index in [-0.39, 0.29) is 11.3 Å². The second kappa shape index (κ2) is 9.63. The van der Waals surface area contributed by atoms with Gasteiger partial charge in [-0.25, -0.2) is 4.98 Å². The summed E-state index contributed by atoms with van der Waals surface area (Å²) in [6.07, 6.45) is -0.789. The number of halogens is 3. The number of fused-ring (bicyclic) bond motifs is 1. The molecule has 0 spiro atoms. The zero-order chi connectivity index (χ0) is 25.2. The highest BCUT2D eigenvalue weighted by Gasteiger charge is 2.41. The SMILES string of the molecule is CNc1cc2ncc(-c3cc(NC(=O)c4cc([C@H](OC)C(F)(F)F)ccn4)cnc3C)cc2cn1. The zero-order valence-electron chi connectivity index (χ0n) is 19.0. The smallest absolute Gasteiger partial charge is 0.373 e. The van der Waals surface area contributed by atoms with Gasteiger partial charge in [-0.3, -0.25) is 19.7 Å². The van der Waals surface area contributed by atoms with Gasteiger partial charge in [0, 0.05) is 61.0 Å². The molecule has 0 aliphatic rings. The number of hydrogen-bond donors (Lipinski definition) is 2. The van der Waals surface area contributed by atoms with Crippen LogP contribution in [0.15, 0.2) is 55.1 Å². The van der Waals surface area contributed by atoms with E-state index in [1.165, 1.54) is 6.20 Å². The molecule has 4 heterocycles. The number of nitrogens with zero attached hydrogens (tertiary/aromatic N) is 4. The predicted molar refractivity (Wildman–Crippen MR) is 125 cm³/mol. The molecule has 0 aliphatic heterocycles. The minimum Gasteiger partial charge on any atom is -0.373 e. The Morgan fingerprint density at radius 1 is 1.03 bits per heavy atom. The Balaban J connectivity index is 1.61. The highest BCUT2D eigenvalue weighted by molar-refractivity contribution is 6.03. The number of ether oxygens (including phenoxy) is 1. The fourth-order valence-corrected chi connectivity index (χ4v) is 3.59. The van der Waals surface area contributed by atoms with Gasteiger partial charge in [0.25, 0.3) is 5.91 Å². The van der Waals surface area contributed by atoms with Crippen molar-refractivity contribution in [3.05, 3.63) is 72.1 Å². The lowest BCUT2D eigenvalue weighted by atomic mass is 10.0. The van der Waals surface area contributed by atoms with Gasteiger partial charge in [0.15, 0.2) is 6.10 Å². The van der Waals surface area contributed by atoms with Crippen LogP contribution in [0.5, 0.6) is 0 Å². The zero-order valence-corrected chi connectivity index (χ0v) is 19.0. The van der Waals surface area contributed by atoms with E-state index in [0.29, 0.717) is 17.2 Å². The standard InChI is InChI=1S/C24H21F3N6O2/c1-13-18(15-6-16-11-32-21(28-2)9-19(16)31-10-15)8-17(12-30-13)33-23(34)20-7-14(4-5-29-20)22(35-3)24(25,26)27/h4-12,22H,1-3H3,(H,28,32)(H,33,34)/t22-/m0/s1. The number of aryl methyl sites for hydroxylation is 1. The molecule has 2 N–H and O–H groups in total. The molecule has 1 amide bonds. The summed E-state index contributed by atoms with van der Waals surface area (Å²) in [5.74, 6) is 0.0194. The lowest BCUT2D eigenvalue weighted by Crippen LogP contribution is -2.23. The number of hydrogen-bond acceptors (Lipinski definition) is 7. The van der Waals surface area contributed by atoms with E-state index in [2.05, 4.69) is 35.3 Å². The number of nitrogens with one attached hydrogen (secondary N) is 2. The third kappa shape index (κ3) is 5.19. The molecule has 0 radical (unpaired) electrons. The average Bonchev–Trinajstić information content (AvgIpc) is 2.84. The highest BCUT2D eigenvalue weighted by Crippen LogP contribution is 2.35. The maximum Gasteiger partial charge on any atom is 0.418 e. The van der Waals surface area contributed by atoms with Gasteiger partial charge >= 0.3 is 6.18 Å². The number of pyridine rings is 4. The molecule has 0 saturated carbocycles. The van der Waals surface area contributed by atoms with Gasteiger partial charge in [-0.1, -0.05) is 0 Å². The second-order valence-corrected chi connectivity index (χ2v) is 7.68. The molecule has 4 rings (SSSR count). The van der Waals surface area contributed by atoms with Crippen LogP contribution in [-0.2, 0) is 4.74 Å². The maximum absolute atomic E-state index is 13.2. The van der Waals surface area contributed by atoms with E-state index in [4.69, 9.17) is 0 Å². The van der Waals surface area contributed by atoms with Gasteiger partial charge in [0.1, 0.15) is 11.5 Å². The summed E-state index contributed by atoms with van der Waals surface area (Å²) in [7, 11) is 2.73. The Labute approximate surface area is 198 Å². The number of carbonyl (C=O) groups excluding carboxylic acids is 1. The van der Waals surface area contributed by atoms with Gasteiger partial charge in [-0.2, -0.15) is 13.2 Å². The molecule has 4 aromatic rings. The molecule has 11 heteroatoms. The molecule has 0 unspecified atom stereocenters. The predicted octanol–water partition coefficient (Wildman–Crippen LogP) is 4.94. The third-order valence-electron chi connectivity index (χ3n) is 5.33. The number of anilines is 2. The normalized spacial score (nSPS) is 12.4. The molecule has 4 aromatic heterocycles. The van der Waals surface area contributed by atoms with Crippen molar-refractivity contribution in [2.24, 2.45) is 0 Å². The van der Waals surface area contributed by atoms with E-state index in [9.17, 15) is 18.0 Å². The van der Waals surface area contributed by atoms with E-state index in [0.717, 1.165) is 47.5 Å². The van der Waals surface area contributed by atoms with Crippen LogP contribution < -0.4 is 10.6 Å². The van der Waals surface area contributed by atoms with Crippen LogP contribution in [0.2, 0.25) is 0 Å². The number of aromatic nitrogens is 4. The van der Waals surface area contributed by atoms with Gasteiger partial charge in [-0.05, 0) is 36.8 Å². The van der Waals surface area contributed by atoms with Crippen LogP contribution >= 0.6 is 0 Å². The van der Waals surface area contributed by atoms with Crippen molar-refractivity contribution in [3.8, 4) is 11.1 Å². The number of carbonyl (C=O) groups is 1. The van der Waals surface area contributed by atoms with Crippen LogP contribution in [-0.4, -0.2) is 46.2 Å². The molecule has 180 valence electrons. The average molecular weight is 482 g/mol. The minimum absolute atomic E-state index is 0.185. The first-order valence-corrected chi connectivity index (χ1v) is 10.5. The van der Waals surface area contributed by atoms with E-state index >= 15 is 0 Å². The Bertz CT molecular complexity index is 1390. The van der Waals surface area contributed by atoms with E-state index in [1.54, 1.807) is 25.5 Å². The maximum atomic E-state index is 13.2. The fourth-order valence-electron chi connectivity index (χ4n) is 3.59. The molecule has 0 saturated heterocycles. The van der Waals surface area contributed by atoms with Crippen LogP contribution in [0.1, 0.15) is 27.8 Å². The Morgan fingerprint density at radius 2 is 1.83 bits per heavy atom. The van der Waals surface area contributed by atoms with Crippen molar-refractivity contribution in [1.82, 2.24) is 19.9 Å². The lowest BCUT2D eigenvalue weighted by Gasteiger charge is -2.19. The summed E-state index contributed by atoms with van der Waals surface area (Å²) in [6, 6.07) is 7.67. The largest absolute Gasteiger partial charge is 0.418 e. The van der Waals surface area contributed by atoms with Crippen LogP contribution in [0.25, 0.3) is 22.0 Å². The third-order valence-corrected chi connectivity index (χ3v) is 5.33. The van der Waals surface area contributed by atoms with Crippen molar-refractivity contribution >= 4 is 28.3 Å². The highest BCUT2D eigenvalue weighted by atomic mass is 19.4. The quantitative estimate of drug-likeness (QED) is 0.401. The van der Waals surface area contributed by atoms with Crippen LogP contribution in [0.4, 0.5) is 24.7 Å². The molecular weight excluding hydrogens is 461 g/mol. The molecule has 0 aromatic carbocycles. The number of amides is 1. The lowest BCUT2D eigenvalue weighted by molar-refractivity contribution is -0.216. The van der Waals surface area contributed by atoms with Crippen molar-refractivity contribution in [2.75, 3.05) is 24.8 Å². The first-order chi connectivity index (χ1) is 16.7. The summed E-state index contributed by atoms with van der Waals surface area (Å²) < 4.78 is 44.2. The van der Waals surface area contributed by atoms with E-state index in [1.807, 2.05) is 19.1 Å². The number of rotatable bonds is 6. The van der Waals surface area contributed by atoms with Gasteiger partial charge < -0.3 is 15.4 Å². The molecule has 1 atom stereocenters. The van der Waals surface area contributed by atoms with Crippen LogP contribution in [0.3, 0.4) is 0 Å². The van der Waals surface area contributed by atoms with Crippen molar-refractivity contribution in [2.45, 2.75) is 19.2 Å². The first-order valence-electron chi connectivity index (χ1n) is 10.5. The van der Waals surface area contributed by atoms with Gasteiger partial charge in [-0.15, -0.1) is 0 Å². The summed E-state index contributed by atoms with van der Waals surface area (Å²) in [5, 5.41) is 6.44. The molecular formula is C24H21F3N6O2. The Morgan fingerprint density at radius 3 is 2.54 bits per heavy atom. The molecule has 0 bridgehead atoms. The van der Waals surface area contributed by atoms with E-state index < -0.39 is 18.2 Å². The van der Waals surface area contributed by atoms with Crippen molar-refractivity contribution in [1.29, 1.82) is 0 Å². The Kier molecular flexibility index (Phi) is 6.61. The molecule has 35 heavy (non-hydrogen) atoms. The topological polar surface area (TPSA) is 102 Å². The number of methoxy groups -OCH3 is 1. The van der Waals surface area contributed by atoms with Crippen molar-refractivity contribution in [3.63, 3.8) is 0 Å². The summed E-state index contributed by atoms with van der Waals surface area (Å²) >= 11 is 0. The second-order valence-electron chi connectivity index (χ2n) is 7.68. The fraction of sp³-hybridized carbons (Fsp3) is 0.208. The molecule has 0 aliphatic carbocycles. The van der Waals surface area contributed by atoms with Gasteiger partial charge in [0.2, 0.25) is 0 Å². The minimum atomic E-state index is -4.63. The number of alkyl halides is 3. The summed E-state index contributed by atoms with van der Waals surface area (Å²) in [6.45, 7) is 1.82. The molecule has 8 nitrogen and oxygen atoms in total. The monoisotopic (exact) mass is 482 g/mol. The molecule has 0 fully saturated rings.